The Morgan fingerprint density at radius 3 is 2.36 bits per heavy atom. The van der Waals surface area contributed by atoms with Gasteiger partial charge in [-0.05, 0) is 25.1 Å². The molecule has 0 N–H and O–H groups in total. The highest BCUT2D eigenvalue weighted by molar-refractivity contribution is 6.37. The Kier molecular flexibility index (Phi) is 2.56. The molecule has 2 amide bonds. The maximum absolute atomic E-state index is 12.8. The van der Waals surface area contributed by atoms with Gasteiger partial charge in [-0.1, -0.05) is 18.2 Å². The summed E-state index contributed by atoms with van der Waals surface area (Å²) in [5.41, 5.74) is 2.63. The third-order valence-corrected chi connectivity index (χ3v) is 3.83. The lowest BCUT2D eigenvalue weighted by molar-refractivity contribution is 0.0926. The van der Waals surface area contributed by atoms with Crippen LogP contribution in [0.25, 0.3) is 10.9 Å². The normalized spacial score (nSPS) is 13.8. The van der Waals surface area contributed by atoms with Crippen LogP contribution in [0.1, 0.15) is 26.4 Å². The minimum Gasteiger partial charge on any atom is -0.268 e. The largest absolute Gasteiger partial charge is 0.268 e. The molecule has 0 spiro atoms. The van der Waals surface area contributed by atoms with Crippen LogP contribution in [-0.2, 0) is 0 Å². The summed E-state index contributed by atoms with van der Waals surface area (Å²) in [7, 11) is 0. The zero-order valence-electron chi connectivity index (χ0n) is 11.8. The summed E-state index contributed by atoms with van der Waals surface area (Å²) in [4.78, 5) is 35.1. The fourth-order valence-corrected chi connectivity index (χ4v) is 2.86. The molecule has 22 heavy (non-hydrogen) atoms. The van der Waals surface area contributed by atoms with Crippen molar-refractivity contribution in [1.29, 1.82) is 0 Å². The van der Waals surface area contributed by atoms with Gasteiger partial charge in [0, 0.05) is 17.8 Å². The monoisotopic (exact) mass is 289 g/mol. The lowest BCUT2D eigenvalue weighted by Crippen LogP contribution is -2.29. The van der Waals surface area contributed by atoms with E-state index in [2.05, 4.69) is 9.97 Å². The number of carbonyl (C=O) groups excluding carboxylic acids is 2. The number of aromatic nitrogens is 2. The number of anilines is 1. The summed E-state index contributed by atoms with van der Waals surface area (Å²) >= 11 is 0. The number of nitrogens with zero attached hydrogens (tertiary/aromatic N) is 3. The molecule has 0 atom stereocenters. The molecule has 1 aliphatic heterocycles. The molecular weight excluding hydrogens is 278 g/mol. The molecular formula is C17H11N3O2. The maximum Gasteiger partial charge on any atom is 0.268 e. The number of para-hydroxylation sites is 1. The highest BCUT2D eigenvalue weighted by Crippen LogP contribution is 2.33. The SMILES string of the molecule is Cc1nc2ccccc2c2c1C(=O)N(c1ccncc1)C2=O. The van der Waals surface area contributed by atoms with E-state index in [9.17, 15) is 9.59 Å². The Labute approximate surface area is 126 Å². The molecule has 106 valence electrons. The van der Waals surface area contributed by atoms with Crippen molar-refractivity contribution >= 4 is 28.4 Å². The summed E-state index contributed by atoms with van der Waals surface area (Å²) in [5, 5.41) is 0.706. The van der Waals surface area contributed by atoms with Gasteiger partial charge in [-0.3, -0.25) is 19.6 Å². The van der Waals surface area contributed by atoms with Crippen molar-refractivity contribution < 1.29 is 9.59 Å². The number of hydrogen-bond acceptors (Lipinski definition) is 4. The molecule has 0 saturated heterocycles. The van der Waals surface area contributed by atoms with Gasteiger partial charge >= 0.3 is 0 Å². The van der Waals surface area contributed by atoms with E-state index in [1.807, 2.05) is 24.3 Å². The van der Waals surface area contributed by atoms with Gasteiger partial charge in [0.2, 0.25) is 0 Å². The van der Waals surface area contributed by atoms with Crippen molar-refractivity contribution in [2.75, 3.05) is 4.90 Å². The van der Waals surface area contributed by atoms with Gasteiger partial charge in [0.15, 0.2) is 0 Å². The second-order valence-corrected chi connectivity index (χ2v) is 5.12. The van der Waals surface area contributed by atoms with Crippen molar-refractivity contribution in [3.8, 4) is 0 Å². The predicted octanol–water partition coefficient (Wildman–Crippen LogP) is 2.74. The van der Waals surface area contributed by atoms with Crippen molar-refractivity contribution in [2.45, 2.75) is 6.92 Å². The number of imide groups is 1. The van der Waals surface area contributed by atoms with E-state index in [1.54, 1.807) is 31.5 Å². The van der Waals surface area contributed by atoms with Crippen molar-refractivity contribution in [3.63, 3.8) is 0 Å². The lowest BCUT2D eigenvalue weighted by atomic mass is 10.0. The van der Waals surface area contributed by atoms with E-state index in [-0.39, 0.29) is 11.8 Å². The number of fused-ring (bicyclic) bond motifs is 3. The highest BCUT2D eigenvalue weighted by atomic mass is 16.2. The van der Waals surface area contributed by atoms with Gasteiger partial charge < -0.3 is 0 Å². The van der Waals surface area contributed by atoms with Crippen molar-refractivity contribution in [2.24, 2.45) is 0 Å². The van der Waals surface area contributed by atoms with E-state index in [0.29, 0.717) is 27.9 Å². The molecule has 0 aliphatic carbocycles. The number of aryl methyl sites for hydroxylation is 1. The van der Waals surface area contributed by atoms with E-state index in [4.69, 9.17) is 0 Å². The van der Waals surface area contributed by atoms with Gasteiger partial charge in [0.1, 0.15) is 0 Å². The van der Waals surface area contributed by atoms with Crippen LogP contribution < -0.4 is 4.90 Å². The summed E-state index contributed by atoms with van der Waals surface area (Å²) in [5.74, 6) is -0.644. The van der Waals surface area contributed by atoms with Gasteiger partial charge in [0.05, 0.1) is 28.0 Å². The van der Waals surface area contributed by atoms with Gasteiger partial charge in [-0.2, -0.15) is 0 Å². The number of rotatable bonds is 1. The Morgan fingerprint density at radius 1 is 0.909 bits per heavy atom. The molecule has 0 fully saturated rings. The Morgan fingerprint density at radius 2 is 1.59 bits per heavy atom. The molecule has 3 heterocycles. The fraction of sp³-hybridized carbons (Fsp3) is 0.0588. The molecule has 0 bridgehead atoms. The van der Waals surface area contributed by atoms with Crippen LogP contribution >= 0.6 is 0 Å². The van der Waals surface area contributed by atoms with E-state index in [1.165, 1.54) is 4.90 Å². The van der Waals surface area contributed by atoms with Crippen LogP contribution in [0.3, 0.4) is 0 Å². The van der Waals surface area contributed by atoms with E-state index >= 15 is 0 Å². The molecule has 2 aromatic heterocycles. The van der Waals surface area contributed by atoms with Gasteiger partial charge in [-0.15, -0.1) is 0 Å². The molecule has 5 nitrogen and oxygen atoms in total. The van der Waals surface area contributed by atoms with Crippen LogP contribution in [0.2, 0.25) is 0 Å². The predicted molar refractivity (Wildman–Crippen MR) is 81.9 cm³/mol. The quantitative estimate of drug-likeness (QED) is 0.646. The third-order valence-electron chi connectivity index (χ3n) is 3.83. The second kappa shape index (κ2) is 4.46. The lowest BCUT2D eigenvalue weighted by Gasteiger charge is -2.12. The standard InChI is InChI=1S/C17H11N3O2/c1-10-14-15(12-4-2-3-5-13(12)19-10)17(22)20(16(14)21)11-6-8-18-9-7-11/h2-9H,1H3. The average Bonchev–Trinajstić information content (AvgIpc) is 2.80. The smallest absolute Gasteiger partial charge is 0.268 e. The molecule has 5 heteroatoms. The zero-order valence-corrected chi connectivity index (χ0v) is 11.8. The Bertz CT molecular complexity index is 935. The van der Waals surface area contributed by atoms with Crippen molar-refractivity contribution in [3.05, 3.63) is 65.6 Å². The minimum absolute atomic E-state index is 0.312. The summed E-state index contributed by atoms with van der Waals surface area (Å²) in [6, 6.07) is 10.7. The average molecular weight is 289 g/mol. The number of carbonyl (C=O) groups is 2. The first-order chi connectivity index (χ1) is 10.7. The highest BCUT2D eigenvalue weighted by Gasteiger charge is 2.39. The minimum atomic E-state index is -0.332. The Hall–Kier alpha value is -3.08. The number of pyridine rings is 2. The van der Waals surface area contributed by atoms with Crippen LogP contribution in [0.15, 0.2) is 48.8 Å². The van der Waals surface area contributed by atoms with Gasteiger partial charge in [-0.25, -0.2) is 4.90 Å². The van der Waals surface area contributed by atoms with Crippen LogP contribution in [-0.4, -0.2) is 21.8 Å². The maximum atomic E-state index is 12.8. The van der Waals surface area contributed by atoms with E-state index < -0.39 is 0 Å². The van der Waals surface area contributed by atoms with Gasteiger partial charge in [0.25, 0.3) is 11.8 Å². The first-order valence-corrected chi connectivity index (χ1v) is 6.86. The molecule has 0 unspecified atom stereocenters. The molecule has 1 aromatic carbocycles. The zero-order chi connectivity index (χ0) is 15.3. The second-order valence-electron chi connectivity index (χ2n) is 5.12. The fourth-order valence-electron chi connectivity index (χ4n) is 2.86. The number of hydrogen-bond donors (Lipinski definition) is 0. The number of benzene rings is 1. The molecule has 1 aliphatic rings. The van der Waals surface area contributed by atoms with Crippen LogP contribution in [0.5, 0.6) is 0 Å². The first kappa shape index (κ1) is 12.6. The summed E-state index contributed by atoms with van der Waals surface area (Å²) in [6.45, 7) is 1.76. The summed E-state index contributed by atoms with van der Waals surface area (Å²) < 4.78 is 0. The van der Waals surface area contributed by atoms with E-state index in [0.717, 1.165) is 5.52 Å². The third kappa shape index (κ3) is 1.59. The molecule has 0 saturated carbocycles. The van der Waals surface area contributed by atoms with Crippen LogP contribution in [0, 0.1) is 6.92 Å². The molecule has 0 radical (unpaired) electrons. The van der Waals surface area contributed by atoms with Crippen molar-refractivity contribution in [1.82, 2.24) is 9.97 Å². The molecule has 3 aromatic rings. The van der Waals surface area contributed by atoms with Crippen LogP contribution in [0.4, 0.5) is 5.69 Å². The Balaban J connectivity index is 2.02. The topological polar surface area (TPSA) is 63.2 Å². The first-order valence-electron chi connectivity index (χ1n) is 6.86. The number of amides is 2. The molecule has 4 rings (SSSR count). The summed E-state index contributed by atoms with van der Waals surface area (Å²) in [6.07, 6.45) is 3.12.